The van der Waals surface area contributed by atoms with Gasteiger partial charge in [-0.2, -0.15) is 0 Å². The van der Waals surface area contributed by atoms with E-state index in [-0.39, 0.29) is 5.91 Å². The van der Waals surface area contributed by atoms with Crippen molar-refractivity contribution in [3.8, 4) is 0 Å². The van der Waals surface area contributed by atoms with E-state index in [1.54, 1.807) is 0 Å². The first-order valence-electron chi connectivity index (χ1n) is 8.98. The number of nitrogens with zero attached hydrogens (tertiary/aromatic N) is 1. The summed E-state index contributed by atoms with van der Waals surface area (Å²) in [5.41, 5.74) is 5.97. The van der Waals surface area contributed by atoms with Crippen LogP contribution in [0.25, 0.3) is 0 Å². The van der Waals surface area contributed by atoms with Gasteiger partial charge in [0.05, 0.1) is 6.54 Å². The quantitative estimate of drug-likeness (QED) is 0.765. The monoisotopic (exact) mass is 295 g/mol. The lowest BCUT2D eigenvalue weighted by Gasteiger charge is -2.40. The summed E-state index contributed by atoms with van der Waals surface area (Å²) in [6, 6.07) is 0.798. The molecule has 2 rings (SSSR count). The molecule has 0 aromatic carbocycles. The topological polar surface area (TPSA) is 58.4 Å². The second-order valence-electron chi connectivity index (χ2n) is 6.84. The lowest BCUT2D eigenvalue weighted by molar-refractivity contribution is -0.124. The average Bonchev–Trinajstić information content (AvgIpc) is 2.75. The zero-order valence-corrected chi connectivity index (χ0v) is 13.7. The number of hydrogen-bond acceptors (Lipinski definition) is 3. The molecule has 0 bridgehead atoms. The lowest BCUT2D eigenvalue weighted by Crippen LogP contribution is -2.53. The number of nitrogens with two attached hydrogens (primary N) is 1. The van der Waals surface area contributed by atoms with E-state index in [4.69, 9.17) is 5.73 Å². The van der Waals surface area contributed by atoms with Gasteiger partial charge in [0.15, 0.2) is 0 Å². The standard InChI is InChI=1S/C17H33N3O/c1-2-14-8-7-11-20(16(14)12-18)13-17(21)19-15-9-5-3-4-6-10-15/h14-16H,2-13,18H2,1H3,(H,19,21). The summed E-state index contributed by atoms with van der Waals surface area (Å²) in [5.74, 6) is 0.867. The first-order valence-corrected chi connectivity index (χ1v) is 8.98. The number of carbonyl (C=O) groups is 1. The Morgan fingerprint density at radius 1 is 1.14 bits per heavy atom. The number of rotatable bonds is 5. The summed E-state index contributed by atoms with van der Waals surface area (Å²) in [4.78, 5) is 14.7. The van der Waals surface area contributed by atoms with Crippen LogP contribution in [0.15, 0.2) is 0 Å². The van der Waals surface area contributed by atoms with E-state index in [9.17, 15) is 4.79 Å². The molecule has 0 aromatic rings. The molecule has 1 saturated carbocycles. The molecule has 0 spiro atoms. The van der Waals surface area contributed by atoms with Gasteiger partial charge in [-0.15, -0.1) is 0 Å². The molecule has 4 nitrogen and oxygen atoms in total. The third-order valence-electron chi connectivity index (χ3n) is 5.37. The van der Waals surface area contributed by atoms with Crippen LogP contribution in [0.2, 0.25) is 0 Å². The molecule has 0 radical (unpaired) electrons. The average molecular weight is 295 g/mol. The van der Waals surface area contributed by atoms with Crippen molar-refractivity contribution in [1.29, 1.82) is 0 Å². The van der Waals surface area contributed by atoms with Gasteiger partial charge < -0.3 is 11.1 Å². The van der Waals surface area contributed by atoms with Gasteiger partial charge in [-0.05, 0) is 38.1 Å². The molecular formula is C17H33N3O. The molecule has 2 atom stereocenters. The Bertz CT molecular complexity index is 313. The van der Waals surface area contributed by atoms with Crippen LogP contribution in [-0.4, -0.2) is 42.5 Å². The maximum atomic E-state index is 12.4. The van der Waals surface area contributed by atoms with Crippen LogP contribution in [-0.2, 0) is 4.79 Å². The van der Waals surface area contributed by atoms with Crippen molar-refractivity contribution < 1.29 is 4.79 Å². The predicted octanol–water partition coefficient (Wildman–Crippen LogP) is 2.27. The Hall–Kier alpha value is -0.610. The van der Waals surface area contributed by atoms with E-state index in [1.807, 2.05) is 0 Å². The van der Waals surface area contributed by atoms with Crippen LogP contribution in [0.4, 0.5) is 0 Å². The van der Waals surface area contributed by atoms with Crippen LogP contribution >= 0.6 is 0 Å². The highest BCUT2D eigenvalue weighted by molar-refractivity contribution is 5.78. The highest BCUT2D eigenvalue weighted by Gasteiger charge is 2.30. The van der Waals surface area contributed by atoms with Gasteiger partial charge in [0.1, 0.15) is 0 Å². The third kappa shape index (κ3) is 4.96. The van der Waals surface area contributed by atoms with Crippen molar-refractivity contribution in [1.82, 2.24) is 10.2 Å². The minimum absolute atomic E-state index is 0.206. The fraction of sp³-hybridized carbons (Fsp3) is 0.941. The summed E-state index contributed by atoms with van der Waals surface area (Å²) in [7, 11) is 0. The number of likely N-dealkylation sites (tertiary alicyclic amines) is 1. The summed E-state index contributed by atoms with van der Waals surface area (Å²) < 4.78 is 0. The number of amides is 1. The predicted molar refractivity (Wildman–Crippen MR) is 87.1 cm³/mol. The van der Waals surface area contributed by atoms with Crippen LogP contribution in [0.5, 0.6) is 0 Å². The molecular weight excluding hydrogens is 262 g/mol. The number of carbonyl (C=O) groups excluding carboxylic acids is 1. The molecule has 2 aliphatic rings. The first kappa shape index (κ1) is 16.8. The van der Waals surface area contributed by atoms with Crippen LogP contribution < -0.4 is 11.1 Å². The molecule has 1 amide bonds. The number of nitrogens with one attached hydrogen (secondary N) is 1. The highest BCUT2D eigenvalue weighted by atomic mass is 16.2. The fourth-order valence-electron chi connectivity index (χ4n) is 4.11. The number of hydrogen-bond donors (Lipinski definition) is 2. The van der Waals surface area contributed by atoms with Gasteiger partial charge >= 0.3 is 0 Å². The van der Waals surface area contributed by atoms with Crippen molar-refractivity contribution >= 4 is 5.91 Å². The molecule has 1 heterocycles. The zero-order valence-electron chi connectivity index (χ0n) is 13.7. The molecule has 1 aliphatic carbocycles. The van der Waals surface area contributed by atoms with Gasteiger partial charge in [-0.3, -0.25) is 9.69 Å². The maximum Gasteiger partial charge on any atom is 0.234 e. The van der Waals surface area contributed by atoms with Gasteiger partial charge in [0.25, 0.3) is 0 Å². The van der Waals surface area contributed by atoms with Gasteiger partial charge in [0.2, 0.25) is 5.91 Å². The normalized spacial score (nSPS) is 29.0. The third-order valence-corrected chi connectivity index (χ3v) is 5.37. The summed E-state index contributed by atoms with van der Waals surface area (Å²) >= 11 is 0. The zero-order chi connectivity index (χ0) is 15.1. The van der Waals surface area contributed by atoms with Gasteiger partial charge in [-0.1, -0.05) is 39.0 Å². The molecule has 1 aliphatic heterocycles. The van der Waals surface area contributed by atoms with Crippen molar-refractivity contribution in [3.63, 3.8) is 0 Å². The van der Waals surface area contributed by atoms with Crippen LogP contribution in [0, 0.1) is 5.92 Å². The van der Waals surface area contributed by atoms with Gasteiger partial charge in [0, 0.05) is 18.6 Å². The van der Waals surface area contributed by atoms with E-state index >= 15 is 0 Å². The Morgan fingerprint density at radius 3 is 2.48 bits per heavy atom. The van der Waals surface area contributed by atoms with E-state index in [2.05, 4.69) is 17.1 Å². The van der Waals surface area contributed by atoms with Crippen molar-refractivity contribution in [2.75, 3.05) is 19.6 Å². The molecule has 2 unspecified atom stereocenters. The second kappa shape index (κ2) is 8.74. The highest BCUT2D eigenvalue weighted by Crippen LogP contribution is 2.25. The second-order valence-corrected chi connectivity index (χ2v) is 6.84. The van der Waals surface area contributed by atoms with Crippen molar-refractivity contribution in [2.24, 2.45) is 11.7 Å². The molecule has 4 heteroatoms. The maximum absolute atomic E-state index is 12.4. The smallest absolute Gasteiger partial charge is 0.234 e. The largest absolute Gasteiger partial charge is 0.352 e. The Kier molecular flexibility index (Phi) is 6.97. The van der Waals surface area contributed by atoms with E-state index in [1.165, 1.54) is 44.9 Å². The Balaban J connectivity index is 1.82. The van der Waals surface area contributed by atoms with E-state index in [0.29, 0.717) is 31.1 Å². The molecule has 122 valence electrons. The fourth-order valence-corrected chi connectivity index (χ4v) is 4.11. The van der Waals surface area contributed by atoms with E-state index < -0.39 is 0 Å². The van der Waals surface area contributed by atoms with Crippen LogP contribution in [0.3, 0.4) is 0 Å². The van der Waals surface area contributed by atoms with E-state index in [0.717, 1.165) is 19.4 Å². The lowest BCUT2D eigenvalue weighted by atomic mass is 9.87. The molecule has 21 heavy (non-hydrogen) atoms. The summed E-state index contributed by atoms with van der Waals surface area (Å²) in [6.45, 7) is 4.48. The molecule has 0 aromatic heterocycles. The molecule has 1 saturated heterocycles. The Morgan fingerprint density at radius 2 is 1.86 bits per heavy atom. The molecule has 2 fully saturated rings. The minimum atomic E-state index is 0.206. The Labute approximate surface area is 129 Å². The molecule has 3 N–H and O–H groups in total. The SMILES string of the molecule is CCC1CCCN(CC(=O)NC2CCCCCC2)C1CN. The van der Waals surface area contributed by atoms with Crippen molar-refractivity contribution in [3.05, 3.63) is 0 Å². The van der Waals surface area contributed by atoms with Crippen molar-refractivity contribution in [2.45, 2.75) is 76.8 Å². The minimum Gasteiger partial charge on any atom is -0.352 e. The van der Waals surface area contributed by atoms with Gasteiger partial charge in [-0.25, -0.2) is 0 Å². The first-order chi connectivity index (χ1) is 10.2. The summed E-state index contributed by atoms with van der Waals surface area (Å²) in [5, 5.41) is 3.26. The number of piperidine rings is 1. The van der Waals surface area contributed by atoms with Crippen LogP contribution in [0.1, 0.15) is 64.7 Å². The summed E-state index contributed by atoms with van der Waals surface area (Å²) in [6.07, 6.45) is 11.1.